The minimum atomic E-state index is 0.00245. The Hall–Kier alpha value is -0.830. The fraction of sp³-hybridized carbons (Fsp3) is 0.714. The monoisotopic (exact) mass is 270 g/mol. The van der Waals surface area contributed by atoms with Crippen LogP contribution in [0.4, 0.5) is 0 Å². The highest BCUT2D eigenvalue weighted by atomic mass is 35.5. The lowest BCUT2D eigenvalue weighted by molar-refractivity contribution is 0.354. The molecule has 1 heterocycles. The van der Waals surface area contributed by atoms with Crippen molar-refractivity contribution in [1.29, 1.82) is 0 Å². The summed E-state index contributed by atoms with van der Waals surface area (Å²) in [6.45, 7) is 6.61. The number of methoxy groups -OCH3 is 1. The number of halogens is 1. The zero-order valence-corrected chi connectivity index (χ0v) is 12.5. The molecule has 1 unspecified atom stereocenters. The number of ether oxygens (including phenoxy) is 1. The number of rotatable bonds is 7. The lowest BCUT2D eigenvalue weighted by Crippen LogP contribution is -2.23. The topological polar surface area (TPSA) is 35.0 Å². The molecule has 1 aromatic rings. The average molecular weight is 271 g/mol. The summed E-state index contributed by atoms with van der Waals surface area (Å²) >= 11 is 6.25. The van der Waals surface area contributed by atoms with Crippen molar-refractivity contribution in [2.45, 2.75) is 58.3 Å². The Bertz CT molecular complexity index is 384. The third-order valence-electron chi connectivity index (χ3n) is 3.59. The lowest BCUT2D eigenvalue weighted by atomic mass is 9.79. The van der Waals surface area contributed by atoms with Crippen LogP contribution in [0.1, 0.15) is 58.6 Å². The third kappa shape index (κ3) is 3.58. The highest BCUT2D eigenvalue weighted by Crippen LogP contribution is 2.36. The Morgan fingerprint density at radius 2 is 2.06 bits per heavy atom. The molecular formula is C14H23ClN2O. The van der Waals surface area contributed by atoms with Crippen molar-refractivity contribution in [2.75, 3.05) is 7.11 Å². The maximum Gasteiger partial charge on any atom is 0.316 e. The van der Waals surface area contributed by atoms with E-state index in [0.717, 1.165) is 18.5 Å². The molecule has 0 saturated carbocycles. The van der Waals surface area contributed by atoms with E-state index in [9.17, 15) is 0 Å². The molecule has 4 heteroatoms. The fourth-order valence-electron chi connectivity index (χ4n) is 2.10. The van der Waals surface area contributed by atoms with E-state index >= 15 is 0 Å². The first-order valence-corrected chi connectivity index (χ1v) is 7.02. The maximum absolute atomic E-state index is 6.25. The van der Waals surface area contributed by atoms with Gasteiger partial charge in [-0.25, -0.2) is 4.98 Å². The number of unbranched alkanes of at least 4 members (excludes halogenated alkanes) is 2. The molecule has 1 rings (SSSR count). The van der Waals surface area contributed by atoms with Gasteiger partial charge in [0.25, 0.3) is 0 Å². The molecule has 18 heavy (non-hydrogen) atoms. The van der Waals surface area contributed by atoms with Crippen LogP contribution in [0.25, 0.3) is 0 Å². The van der Waals surface area contributed by atoms with Gasteiger partial charge >= 0.3 is 6.01 Å². The number of hydrogen-bond acceptors (Lipinski definition) is 3. The van der Waals surface area contributed by atoms with Gasteiger partial charge < -0.3 is 4.74 Å². The number of aromatic nitrogens is 2. The molecule has 0 aliphatic rings. The second-order valence-electron chi connectivity index (χ2n) is 4.92. The highest BCUT2D eigenvalue weighted by molar-refractivity contribution is 6.31. The number of nitrogens with zero attached hydrogens (tertiary/aromatic N) is 2. The average Bonchev–Trinajstić information content (AvgIpc) is 2.39. The van der Waals surface area contributed by atoms with E-state index in [4.69, 9.17) is 16.3 Å². The van der Waals surface area contributed by atoms with Gasteiger partial charge in [0.15, 0.2) is 0 Å². The molecule has 0 aliphatic carbocycles. The second kappa shape index (κ2) is 6.93. The molecule has 0 aromatic carbocycles. The van der Waals surface area contributed by atoms with Crippen molar-refractivity contribution in [3.8, 4) is 6.01 Å². The predicted molar refractivity (Wildman–Crippen MR) is 75.4 cm³/mol. The molecule has 0 radical (unpaired) electrons. The van der Waals surface area contributed by atoms with Gasteiger partial charge in [-0.15, -0.1) is 0 Å². The summed E-state index contributed by atoms with van der Waals surface area (Å²) in [6.07, 6.45) is 7.41. The summed E-state index contributed by atoms with van der Waals surface area (Å²) in [5.41, 5.74) is 0.914. The molecule has 0 saturated heterocycles. The van der Waals surface area contributed by atoms with E-state index in [2.05, 4.69) is 30.7 Å². The minimum absolute atomic E-state index is 0.00245. The van der Waals surface area contributed by atoms with Gasteiger partial charge in [-0.05, 0) is 12.8 Å². The van der Waals surface area contributed by atoms with Gasteiger partial charge in [-0.3, -0.25) is 0 Å². The van der Waals surface area contributed by atoms with Crippen LogP contribution in [0.3, 0.4) is 0 Å². The Morgan fingerprint density at radius 3 is 2.61 bits per heavy atom. The van der Waals surface area contributed by atoms with Crippen LogP contribution < -0.4 is 4.74 Å². The van der Waals surface area contributed by atoms with Crippen molar-refractivity contribution in [3.63, 3.8) is 0 Å². The third-order valence-corrected chi connectivity index (χ3v) is 3.87. The van der Waals surface area contributed by atoms with Gasteiger partial charge in [-0.2, -0.15) is 4.98 Å². The van der Waals surface area contributed by atoms with Crippen molar-refractivity contribution in [1.82, 2.24) is 9.97 Å². The first kappa shape index (κ1) is 15.2. The van der Waals surface area contributed by atoms with Crippen LogP contribution in [0.5, 0.6) is 6.01 Å². The summed E-state index contributed by atoms with van der Waals surface area (Å²) in [6, 6.07) is 0.393. The first-order valence-electron chi connectivity index (χ1n) is 6.64. The van der Waals surface area contributed by atoms with Gasteiger partial charge in [0, 0.05) is 5.41 Å². The summed E-state index contributed by atoms with van der Waals surface area (Å²) < 4.78 is 5.09. The lowest BCUT2D eigenvalue weighted by Gasteiger charge is -2.28. The summed E-state index contributed by atoms with van der Waals surface area (Å²) in [7, 11) is 1.58. The van der Waals surface area contributed by atoms with Crippen molar-refractivity contribution < 1.29 is 4.74 Å². The molecular weight excluding hydrogens is 248 g/mol. The summed E-state index contributed by atoms with van der Waals surface area (Å²) in [4.78, 5) is 8.48. The molecule has 0 bridgehead atoms. The van der Waals surface area contributed by atoms with E-state index in [0.29, 0.717) is 11.0 Å². The zero-order chi connectivity index (χ0) is 13.6. The minimum Gasteiger partial charge on any atom is -0.467 e. The van der Waals surface area contributed by atoms with Crippen LogP contribution >= 0.6 is 11.6 Å². The van der Waals surface area contributed by atoms with E-state index in [1.165, 1.54) is 19.3 Å². The van der Waals surface area contributed by atoms with Gasteiger partial charge in [0.1, 0.15) is 0 Å². The molecule has 102 valence electrons. The SMILES string of the molecule is CCCCCC(C)(CC)c1nc(OC)ncc1Cl. The maximum atomic E-state index is 6.25. The van der Waals surface area contributed by atoms with Crippen molar-refractivity contribution >= 4 is 11.6 Å². The van der Waals surface area contributed by atoms with Gasteiger partial charge in [-0.1, -0.05) is 51.6 Å². The van der Waals surface area contributed by atoms with E-state index in [-0.39, 0.29) is 5.41 Å². The molecule has 0 aliphatic heterocycles. The van der Waals surface area contributed by atoms with E-state index < -0.39 is 0 Å². The standard InChI is InChI=1S/C14H23ClN2O/c1-5-7-8-9-14(3,6-2)12-11(15)10-16-13(17-12)18-4/h10H,5-9H2,1-4H3. The van der Waals surface area contributed by atoms with Crippen LogP contribution in [0, 0.1) is 0 Å². The largest absolute Gasteiger partial charge is 0.467 e. The number of hydrogen-bond donors (Lipinski definition) is 0. The molecule has 0 N–H and O–H groups in total. The smallest absolute Gasteiger partial charge is 0.316 e. The Kier molecular flexibility index (Phi) is 5.86. The van der Waals surface area contributed by atoms with Crippen molar-refractivity contribution in [3.05, 3.63) is 16.9 Å². The molecule has 0 amide bonds. The Morgan fingerprint density at radius 1 is 1.33 bits per heavy atom. The van der Waals surface area contributed by atoms with Crippen LogP contribution in [-0.2, 0) is 5.41 Å². The highest BCUT2D eigenvalue weighted by Gasteiger charge is 2.29. The van der Waals surface area contributed by atoms with Gasteiger partial charge in [0.2, 0.25) is 0 Å². The molecule has 1 aromatic heterocycles. The normalized spacial score (nSPS) is 14.3. The van der Waals surface area contributed by atoms with Crippen molar-refractivity contribution in [2.24, 2.45) is 0 Å². The first-order chi connectivity index (χ1) is 8.57. The van der Waals surface area contributed by atoms with E-state index in [1.807, 2.05) is 0 Å². The van der Waals surface area contributed by atoms with Gasteiger partial charge in [0.05, 0.1) is 24.0 Å². The van der Waals surface area contributed by atoms with E-state index in [1.54, 1.807) is 13.3 Å². The predicted octanol–water partition coefficient (Wildman–Crippen LogP) is 4.39. The Labute approximate surface area is 115 Å². The molecule has 3 nitrogen and oxygen atoms in total. The molecule has 0 fully saturated rings. The molecule has 0 spiro atoms. The summed E-state index contributed by atoms with van der Waals surface area (Å²) in [5, 5.41) is 0.636. The quantitative estimate of drug-likeness (QED) is 0.690. The zero-order valence-electron chi connectivity index (χ0n) is 11.8. The summed E-state index contributed by atoms with van der Waals surface area (Å²) in [5.74, 6) is 0. The Balaban J connectivity index is 2.98. The van der Waals surface area contributed by atoms with Crippen LogP contribution in [0.2, 0.25) is 5.02 Å². The fourth-order valence-corrected chi connectivity index (χ4v) is 2.42. The second-order valence-corrected chi connectivity index (χ2v) is 5.33. The van der Waals surface area contributed by atoms with Crippen LogP contribution in [0.15, 0.2) is 6.20 Å². The molecule has 1 atom stereocenters. The van der Waals surface area contributed by atoms with Crippen LogP contribution in [-0.4, -0.2) is 17.1 Å².